The second kappa shape index (κ2) is 12.2. The summed E-state index contributed by atoms with van der Waals surface area (Å²) in [6.45, 7) is 2.09. The number of amides is 2. The van der Waals surface area contributed by atoms with E-state index in [4.69, 9.17) is 21.3 Å². The third kappa shape index (κ3) is 6.66. The van der Waals surface area contributed by atoms with Crippen molar-refractivity contribution < 1.29 is 19.4 Å². The molecule has 8 nitrogen and oxygen atoms in total. The van der Waals surface area contributed by atoms with Gasteiger partial charge in [-0.05, 0) is 72.5 Å². The van der Waals surface area contributed by atoms with E-state index in [-0.39, 0.29) is 29.4 Å². The van der Waals surface area contributed by atoms with Gasteiger partial charge in [-0.2, -0.15) is 0 Å². The summed E-state index contributed by atoms with van der Waals surface area (Å²) in [4.78, 5) is 33.3. The van der Waals surface area contributed by atoms with E-state index < -0.39 is 0 Å². The third-order valence-electron chi connectivity index (χ3n) is 5.94. The molecule has 0 bridgehead atoms. The molecule has 4 aromatic rings. The number of carbonyl (C=O) groups excluding carboxylic acids is 2. The number of halogens is 1. The van der Waals surface area contributed by atoms with Gasteiger partial charge in [0.15, 0.2) is 11.5 Å². The lowest BCUT2D eigenvalue weighted by atomic mass is 9.95. The number of phenolic OH excluding ortho intramolecular Hbond substituents is 1. The molecule has 0 aliphatic carbocycles. The number of ether oxygens (including phenoxy) is 1. The van der Waals surface area contributed by atoms with Gasteiger partial charge in [0.05, 0.1) is 24.7 Å². The Labute approximate surface area is 225 Å². The Hall–Kier alpha value is -4.43. The second-order valence-electron chi connectivity index (χ2n) is 8.73. The Balaban J connectivity index is 1.43. The average Bonchev–Trinajstić information content (AvgIpc) is 2.94. The minimum Gasteiger partial charge on any atom is -0.504 e. The van der Waals surface area contributed by atoms with Crippen LogP contribution in [0.25, 0.3) is 11.3 Å². The van der Waals surface area contributed by atoms with E-state index in [1.807, 2.05) is 24.3 Å². The number of nitrogens with one attached hydrogen (secondary N) is 2. The van der Waals surface area contributed by atoms with Crippen LogP contribution in [0.3, 0.4) is 0 Å². The maximum Gasteiger partial charge on any atom is 0.255 e. The molecule has 3 aromatic carbocycles. The van der Waals surface area contributed by atoms with Crippen molar-refractivity contribution in [3.63, 3.8) is 0 Å². The summed E-state index contributed by atoms with van der Waals surface area (Å²) in [5, 5.41) is 15.4. The minimum absolute atomic E-state index is 0.0636. The third-order valence-corrected chi connectivity index (χ3v) is 6.18. The van der Waals surface area contributed by atoms with Crippen molar-refractivity contribution >= 4 is 34.8 Å². The molecule has 0 radical (unpaired) electrons. The maximum absolute atomic E-state index is 12.8. The fraction of sp³-hybridized carbons (Fsp3) is 0.172. The number of aromatic nitrogens is 2. The predicted octanol–water partition coefficient (Wildman–Crippen LogP) is 5.63. The van der Waals surface area contributed by atoms with Crippen LogP contribution in [0.5, 0.6) is 11.5 Å². The number of hydrogen-bond acceptors (Lipinski definition) is 6. The quantitative estimate of drug-likeness (QED) is 0.242. The first-order chi connectivity index (χ1) is 18.4. The van der Waals surface area contributed by atoms with Gasteiger partial charge in [-0.1, -0.05) is 19.1 Å². The molecule has 0 aliphatic heterocycles. The van der Waals surface area contributed by atoms with Crippen molar-refractivity contribution in [3.8, 4) is 22.8 Å². The highest BCUT2D eigenvalue weighted by Crippen LogP contribution is 2.31. The molecule has 0 unspecified atom stereocenters. The van der Waals surface area contributed by atoms with Gasteiger partial charge in [0, 0.05) is 28.7 Å². The number of aromatic hydroxyl groups is 1. The van der Waals surface area contributed by atoms with E-state index in [1.165, 1.54) is 7.11 Å². The zero-order valence-electron chi connectivity index (χ0n) is 20.9. The summed E-state index contributed by atoms with van der Waals surface area (Å²) in [5.74, 6) is -0.163. The van der Waals surface area contributed by atoms with Gasteiger partial charge in [0.25, 0.3) is 5.91 Å². The first-order valence-electron chi connectivity index (χ1n) is 11.9. The molecule has 0 spiro atoms. The van der Waals surface area contributed by atoms with Crippen molar-refractivity contribution in [2.24, 2.45) is 0 Å². The molecule has 194 valence electrons. The van der Waals surface area contributed by atoms with Crippen molar-refractivity contribution in [3.05, 3.63) is 95.9 Å². The number of phenols is 1. The van der Waals surface area contributed by atoms with Crippen LogP contribution in [-0.4, -0.2) is 39.9 Å². The molecule has 1 heterocycles. The lowest BCUT2D eigenvalue weighted by Gasteiger charge is -2.14. The van der Waals surface area contributed by atoms with E-state index in [0.29, 0.717) is 34.8 Å². The van der Waals surface area contributed by atoms with Crippen LogP contribution in [-0.2, 0) is 11.2 Å². The smallest absolute Gasteiger partial charge is 0.255 e. The van der Waals surface area contributed by atoms with E-state index >= 15 is 0 Å². The first-order valence-corrected chi connectivity index (χ1v) is 12.4. The number of carbonyl (C=O) groups is 2. The first kappa shape index (κ1) is 26.6. The van der Waals surface area contributed by atoms with Gasteiger partial charge in [-0.15, -0.1) is 11.6 Å². The molecule has 0 saturated heterocycles. The van der Waals surface area contributed by atoms with E-state index in [0.717, 1.165) is 16.8 Å². The highest BCUT2D eigenvalue weighted by atomic mass is 35.5. The fourth-order valence-electron chi connectivity index (χ4n) is 3.94. The zero-order valence-corrected chi connectivity index (χ0v) is 21.7. The van der Waals surface area contributed by atoms with Gasteiger partial charge in [-0.3, -0.25) is 14.6 Å². The highest BCUT2D eigenvalue weighted by molar-refractivity contribution is 6.29. The van der Waals surface area contributed by atoms with Crippen LogP contribution in [0, 0.1) is 0 Å². The van der Waals surface area contributed by atoms with Crippen LogP contribution in [0.15, 0.2) is 79.1 Å². The molecule has 1 atom stereocenters. The van der Waals surface area contributed by atoms with E-state index in [9.17, 15) is 14.7 Å². The average molecular weight is 531 g/mol. The maximum atomic E-state index is 12.8. The zero-order chi connectivity index (χ0) is 27.1. The Morgan fingerprint density at radius 2 is 1.79 bits per heavy atom. The molecule has 3 N–H and O–H groups in total. The van der Waals surface area contributed by atoms with Crippen molar-refractivity contribution in [1.29, 1.82) is 0 Å². The number of alkyl halides is 1. The summed E-state index contributed by atoms with van der Waals surface area (Å²) in [7, 11) is 1.50. The van der Waals surface area contributed by atoms with Crippen LogP contribution in [0.2, 0.25) is 0 Å². The summed E-state index contributed by atoms with van der Waals surface area (Å²) >= 11 is 5.51. The van der Waals surface area contributed by atoms with Gasteiger partial charge >= 0.3 is 0 Å². The van der Waals surface area contributed by atoms with Gasteiger partial charge in [0.1, 0.15) is 5.88 Å². The Kier molecular flexibility index (Phi) is 8.55. The fourth-order valence-corrected chi connectivity index (χ4v) is 4.00. The number of methoxy groups -OCH3 is 1. The van der Waals surface area contributed by atoms with Crippen LogP contribution < -0.4 is 15.4 Å². The van der Waals surface area contributed by atoms with Crippen LogP contribution in [0.1, 0.15) is 34.5 Å². The Bertz CT molecular complexity index is 1440. The van der Waals surface area contributed by atoms with E-state index in [2.05, 4.69) is 22.5 Å². The topological polar surface area (TPSA) is 113 Å². The standard InChI is InChI=1S/C29H27ClN4O4/c1-18(12-24-16-31-17-25(32-24)21-8-11-26(35)27(14-21)38-2)20-4-3-5-23(13-20)34-29(37)19-6-9-22(10-7-19)33-28(36)15-30/h3-11,13-14,16-18,35H,12,15H2,1-2H3,(H,33,36)(H,34,37)/t18-/m1/s1. The SMILES string of the molecule is COc1cc(-c2cncc(C[C@@H](C)c3cccc(NC(=O)c4ccc(NC(=O)CCl)cc4)c3)n2)ccc1O. The Morgan fingerprint density at radius 1 is 1.00 bits per heavy atom. The molecule has 0 saturated carbocycles. The Morgan fingerprint density at radius 3 is 2.53 bits per heavy atom. The van der Waals surface area contributed by atoms with Crippen molar-refractivity contribution in [2.45, 2.75) is 19.3 Å². The van der Waals surface area contributed by atoms with Crippen LogP contribution in [0.4, 0.5) is 11.4 Å². The molecule has 4 rings (SSSR count). The number of hydrogen-bond donors (Lipinski definition) is 3. The van der Waals surface area contributed by atoms with Crippen molar-refractivity contribution in [1.82, 2.24) is 9.97 Å². The number of nitrogens with zero attached hydrogens (tertiary/aromatic N) is 2. The molecule has 9 heteroatoms. The molecular formula is C29H27ClN4O4. The van der Waals surface area contributed by atoms with Gasteiger partial charge in [0.2, 0.25) is 5.91 Å². The normalized spacial score (nSPS) is 11.4. The molecular weight excluding hydrogens is 504 g/mol. The molecule has 0 fully saturated rings. The second-order valence-corrected chi connectivity index (χ2v) is 8.99. The van der Waals surface area contributed by atoms with Gasteiger partial charge in [-0.25, -0.2) is 4.98 Å². The molecule has 0 aliphatic rings. The molecule has 1 aromatic heterocycles. The number of benzene rings is 3. The van der Waals surface area contributed by atoms with Gasteiger partial charge < -0.3 is 20.5 Å². The van der Waals surface area contributed by atoms with Crippen molar-refractivity contribution in [2.75, 3.05) is 23.6 Å². The predicted molar refractivity (Wildman–Crippen MR) is 148 cm³/mol. The summed E-state index contributed by atoms with van der Waals surface area (Å²) in [6, 6.07) is 19.3. The largest absolute Gasteiger partial charge is 0.504 e. The van der Waals surface area contributed by atoms with Crippen LogP contribution >= 0.6 is 11.6 Å². The monoisotopic (exact) mass is 530 g/mol. The summed E-state index contributed by atoms with van der Waals surface area (Å²) in [5.41, 5.74) is 5.04. The minimum atomic E-state index is -0.312. The summed E-state index contributed by atoms with van der Waals surface area (Å²) < 4.78 is 5.20. The lowest BCUT2D eigenvalue weighted by Crippen LogP contribution is -2.14. The number of anilines is 2. The summed E-state index contributed by atoms with van der Waals surface area (Å²) in [6.07, 6.45) is 4.06. The molecule has 38 heavy (non-hydrogen) atoms. The number of rotatable bonds is 9. The van der Waals surface area contributed by atoms with E-state index in [1.54, 1.807) is 54.9 Å². The molecule has 2 amide bonds. The lowest BCUT2D eigenvalue weighted by molar-refractivity contribution is -0.113. The highest BCUT2D eigenvalue weighted by Gasteiger charge is 2.13.